The number of halogens is 1. The molecule has 21 heavy (non-hydrogen) atoms. The molecule has 0 aliphatic carbocycles. The first-order valence-electron chi connectivity index (χ1n) is 6.44. The molecule has 0 saturated carbocycles. The van der Waals surface area contributed by atoms with E-state index in [0.717, 1.165) is 10.7 Å². The highest BCUT2D eigenvalue weighted by atomic mass is 32.1. The molecular weight excluding hydrogens is 307 g/mol. The van der Waals surface area contributed by atoms with E-state index in [0.29, 0.717) is 5.56 Å². The van der Waals surface area contributed by atoms with Crippen LogP contribution in [0.25, 0.3) is 0 Å². The van der Waals surface area contributed by atoms with E-state index in [1.807, 2.05) is 5.38 Å². The zero-order valence-corrected chi connectivity index (χ0v) is 13.8. The lowest BCUT2D eigenvalue weighted by atomic mass is 9.93. The van der Waals surface area contributed by atoms with Gasteiger partial charge in [-0.3, -0.25) is 0 Å². The quantitative estimate of drug-likeness (QED) is 0.869. The molecule has 0 unspecified atom stereocenters. The largest absolute Gasteiger partial charge is 0.483 e. The van der Waals surface area contributed by atoms with Crippen LogP contribution in [-0.4, -0.2) is 9.97 Å². The molecule has 0 spiro atoms. The van der Waals surface area contributed by atoms with E-state index in [1.54, 1.807) is 6.07 Å². The van der Waals surface area contributed by atoms with Crippen molar-refractivity contribution in [1.82, 2.24) is 4.98 Å². The Kier molecular flexibility index (Phi) is 4.58. The summed E-state index contributed by atoms with van der Waals surface area (Å²) in [7, 11) is 0. The van der Waals surface area contributed by atoms with Gasteiger partial charge in [-0.1, -0.05) is 33.0 Å². The number of benzene rings is 1. The summed E-state index contributed by atoms with van der Waals surface area (Å²) in [5.74, 6) is -0.310. The van der Waals surface area contributed by atoms with Gasteiger partial charge in [0.05, 0.1) is 5.69 Å². The van der Waals surface area contributed by atoms with Crippen LogP contribution in [0.4, 0.5) is 4.39 Å². The van der Waals surface area contributed by atoms with E-state index >= 15 is 0 Å². The van der Waals surface area contributed by atoms with Crippen LogP contribution in [0.5, 0.6) is 5.75 Å². The molecule has 0 bridgehead atoms. The van der Waals surface area contributed by atoms with Gasteiger partial charge in [0.25, 0.3) is 0 Å². The van der Waals surface area contributed by atoms with Crippen molar-refractivity contribution < 1.29 is 9.13 Å². The molecule has 0 saturated heterocycles. The fourth-order valence-electron chi connectivity index (χ4n) is 1.63. The Morgan fingerprint density at radius 3 is 2.67 bits per heavy atom. The number of ether oxygens (including phenoxy) is 1. The topological polar surface area (TPSA) is 48.1 Å². The smallest absolute Gasteiger partial charge is 0.165 e. The van der Waals surface area contributed by atoms with Gasteiger partial charge in [-0.05, 0) is 18.2 Å². The fraction of sp³-hybridized carbons (Fsp3) is 0.333. The van der Waals surface area contributed by atoms with Crippen LogP contribution in [0.15, 0.2) is 23.6 Å². The van der Waals surface area contributed by atoms with Gasteiger partial charge in [0.2, 0.25) is 0 Å². The van der Waals surface area contributed by atoms with Crippen LogP contribution in [-0.2, 0) is 12.0 Å². The summed E-state index contributed by atoms with van der Waals surface area (Å²) in [5.41, 5.74) is 6.95. The number of nitrogens with two attached hydrogens (primary N) is 1. The Morgan fingerprint density at radius 2 is 2.14 bits per heavy atom. The van der Waals surface area contributed by atoms with Crippen LogP contribution < -0.4 is 10.5 Å². The minimum Gasteiger partial charge on any atom is -0.483 e. The average Bonchev–Trinajstić information content (AvgIpc) is 2.85. The zero-order valence-electron chi connectivity index (χ0n) is 12.1. The van der Waals surface area contributed by atoms with Crippen molar-refractivity contribution in [3.8, 4) is 5.75 Å². The third-order valence-corrected chi connectivity index (χ3v) is 3.95. The highest BCUT2D eigenvalue weighted by Gasteiger charge is 2.17. The van der Waals surface area contributed by atoms with Crippen molar-refractivity contribution in [2.75, 3.05) is 0 Å². The molecule has 0 amide bonds. The van der Waals surface area contributed by atoms with Gasteiger partial charge >= 0.3 is 0 Å². The normalized spacial score (nSPS) is 11.4. The minimum atomic E-state index is -0.479. The van der Waals surface area contributed by atoms with Crippen LogP contribution in [0, 0.1) is 5.82 Å². The number of rotatable bonds is 4. The maximum atomic E-state index is 13.9. The van der Waals surface area contributed by atoms with Gasteiger partial charge in [0, 0.05) is 16.4 Å². The second-order valence-corrected chi connectivity index (χ2v) is 7.06. The second kappa shape index (κ2) is 6.07. The molecule has 2 aromatic rings. The van der Waals surface area contributed by atoms with Crippen molar-refractivity contribution in [2.45, 2.75) is 32.8 Å². The molecule has 6 heteroatoms. The molecule has 2 rings (SSSR count). The van der Waals surface area contributed by atoms with E-state index < -0.39 is 5.82 Å². The van der Waals surface area contributed by atoms with Gasteiger partial charge in [-0.2, -0.15) is 0 Å². The van der Waals surface area contributed by atoms with Crippen LogP contribution in [0.1, 0.15) is 37.0 Å². The van der Waals surface area contributed by atoms with E-state index in [1.165, 1.54) is 23.5 Å². The summed E-state index contributed by atoms with van der Waals surface area (Å²) in [6.07, 6.45) is 0. The van der Waals surface area contributed by atoms with E-state index in [2.05, 4.69) is 25.8 Å². The molecule has 0 aliphatic rings. The SMILES string of the molecule is CC(C)(C)c1csc(COc2ccc(C(N)=S)cc2F)n1. The van der Waals surface area contributed by atoms with Crippen molar-refractivity contribution in [2.24, 2.45) is 5.73 Å². The number of thiazole rings is 1. The second-order valence-electron chi connectivity index (χ2n) is 5.67. The van der Waals surface area contributed by atoms with Gasteiger partial charge in [0.1, 0.15) is 16.6 Å². The molecule has 0 fully saturated rings. The average molecular weight is 324 g/mol. The lowest BCUT2D eigenvalue weighted by Gasteiger charge is -2.14. The van der Waals surface area contributed by atoms with E-state index in [4.69, 9.17) is 22.7 Å². The van der Waals surface area contributed by atoms with Crippen LogP contribution in [0.2, 0.25) is 0 Å². The Balaban J connectivity index is 2.06. The highest BCUT2D eigenvalue weighted by Crippen LogP contribution is 2.25. The summed E-state index contributed by atoms with van der Waals surface area (Å²) < 4.78 is 19.3. The lowest BCUT2D eigenvalue weighted by Crippen LogP contribution is -2.12. The van der Waals surface area contributed by atoms with Crippen molar-refractivity contribution in [3.05, 3.63) is 45.7 Å². The Labute approximate surface area is 133 Å². The summed E-state index contributed by atoms with van der Waals surface area (Å²) in [4.78, 5) is 4.66. The molecule has 2 N–H and O–H groups in total. The molecule has 0 aliphatic heterocycles. The molecule has 1 aromatic heterocycles. The number of hydrogen-bond acceptors (Lipinski definition) is 4. The number of nitrogens with zero attached hydrogens (tertiary/aromatic N) is 1. The van der Waals surface area contributed by atoms with Gasteiger partial charge in [-0.15, -0.1) is 11.3 Å². The number of thiocarbonyl (C=S) groups is 1. The molecule has 112 valence electrons. The van der Waals surface area contributed by atoms with Gasteiger partial charge in [-0.25, -0.2) is 9.37 Å². The maximum absolute atomic E-state index is 13.9. The third kappa shape index (κ3) is 3.98. The van der Waals surface area contributed by atoms with Crippen LogP contribution in [0.3, 0.4) is 0 Å². The van der Waals surface area contributed by atoms with Crippen LogP contribution >= 0.6 is 23.6 Å². The Morgan fingerprint density at radius 1 is 1.43 bits per heavy atom. The molecule has 0 atom stereocenters. The first-order chi connectivity index (χ1) is 9.77. The number of aromatic nitrogens is 1. The van der Waals surface area contributed by atoms with Crippen molar-refractivity contribution in [1.29, 1.82) is 0 Å². The predicted molar refractivity (Wildman–Crippen MR) is 87.4 cm³/mol. The van der Waals surface area contributed by atoms with Crippen molar-refractivity contribution >= 4 is 28.5 Å². The monoisotopic (exact) mass is 324 g/mol. The highest BCUT2D eigenvalue weighted by molar-refractivity contribution is 7.80. The molecule has 1 heterocycles. The summed E-state index contributed by atoms with van der Waals surface area (Å²) >= 11 is 6.32. The molecule has 1 aromatic carbocycles. The molecule has 3 nitrogen and oxygen atoms in total. The first kappa shape index (κ1) is 15.9. The molecular formula is C15H17FN2OS2. The van der Waals surface area contributed by atoms with E-state index in [-0.39, 0.29) is 22.8 Å². The summed E-state index contributed by atoms with van der Waals surface area (Å²) in [5, 5.41) is 2.82. The predicted octanol–water partition coefficient (Wildman–Crippen LogP) is 3.79. The van der Waals surface area contributed by atoms with Crippen molar-refractivity contribution in [3.63, 3.8) is 0 Å². The van der Waals surface area contributed by atoms with Gasteiger partial charge in [0.15, 0.2) is 11.6 Å². The number of hydrogen-bond donors (Lipinski definition) is 1. The third-order valence-electron chi connectivity index (χ3n) is 2.89. The minimum absolute atomic E-state index is 0.00152. The lowest BCUT2D eigenvalue weighted by molar-refractivity contribution is 0.289. The fourth-order valence-corrected chi connectivity index (χ4v) is 2.69. The van der Waals surface area contributed by atoms with E-state index in [9.17, 15) is 4.39 Å². The standard InChI is InChI=1S/C15H17FN2OS2/c1-15(2,3)12-8-21-13(18-12)7-19-11-5-4-9(14(17)20)6-10(11)16/h4-6,8H,7H2,1-3H3,(H2,17,20). The first-order valence-corrected chi connectivity index (χ1v) is 7.73. The molecule has 0 radical (unpaired) electrons. The summed E-state index contributed by atoms with van der Waals surface area (Å²) in [6.45, 7) is 6.53. The summed E-state index contributed by atoms with van der Waals surface area (Å²) in [6, 6.07) is 4.45. The zero-order chi connectivity index (χ0) is 15.6. The Bertz CT molecular complexity index is 662. The van der Waals surface area contributed by atoms with Gasteiger partial charge < -0.3 is 10.5 Å². The maximum Gasteiger partial charge on any atom is 0.165 e. The Hall–Kier alpha value is -1.53.